The third-order valence-electron chi connectivity index (χ3n) is 4.06. The maximum atomic E-state index is 13.3. The number of aryl methyl sites for hydroxylation is 1. The normalized spacial score (nSPS) is 12.1. The number of fused-ring (bicyclic) bond motifs is 3. The molecule has 4 aromatic rings. The summed E-state index contributed by atoms with van der Waals surface area (Å²) in [5, 5.41) is 2.02. The van der Waals surface area contributed by atoms with E-state index in [0.717, 1.165) is 16.3 Å². The van der Waals surface area contributed by atoms with Crippen LogP contribution in [-0.2, 0) is 10.0 Å². The van der Waals surface area contributed by atoms with E-state index in [1.54, 1.807) is 48.5 Å². The van der Waals surface area contributed by atoms with Gasteiger partial charge in [-0.2, -0.15) is 0 Å². The van der Waals surface area contributed by atoms with Gasteiger partial charge in [0.05, 0.1) is 10.4 Å². The fourth-order valence-corrected chi connectivity index (χ4v) is 4.81. The molecule has 25 heavy (non-hydrogen) atoms. The van der Waals surface area contributed by atoms with Crippen LogP contribution in [0.4, 0.5) is 0 Å². The maximum absolute atomic E-state index is 13.3. The molecule has 0 bridgehead atoms. The molecule has 4 nitrogen and oxygen atoms in total. The van der Waals surface area contributed by atoms with Crippen LogP contribution < -0.4 is 0 Å². The largest absolute Gasteiger partial charge is 0.269 e. The van der Waals surface area contributed by atoms with Crippen molar-refractivity contribution in [3.8, 4) is 0 Å². The molecule has 0 atom stereocenters. The lowest BCUT2D eigenvalue weighted by Gasteiger charge is -2.09. The van der Waals surface area contributed by atoms with Crippen molar-refractivity contribution in [3.63, 3.8) is 0 Å². The molecule has 0 saturated heterocycles. The third-order valence-corrected chi connectivity index (χ3v) is 6.46. The summed E-state index contributed by atoms with van der Waals surface area (Å²) in [6.07, 6.45) is 0. The number of nitrogens with zero attached hydrogens (tertiary/aromatic N) is 2. The second-order valence-corrected chi connectivity index (χ2v) is 8.78. The Labute approximate surface area is 158 Å². The summed E-state index contributed by atoms with van der Waals surface area (Å²) in [5.74, 6) is 0. The van der Waals surface area contributed by atoms with Gasteiger partial charge < -0.3 is 0 Å². The van der Waals surface area contributed by atoms with Gasteiger partial charge in [-0.3, -0.25) is 0 Å². The minimum atomic E-state index is -3.80. The van der Waals surface area contributed by atoms with Gasteiger partial charge in [0.1, 0.15) is 4.60 Å². The van der Waals surface area contributed by atoms with E-state index in [1.807, 2.05) is 13.0 Å². The first-order valence-corrected chi connectivity index (χ1v) is 10.1. The van der Waals surface area contributed by atoms with Crippen LogP contribution in [0.25, 0.3) is 21.9 Å². The number of aromatic nitrogens is 2. The van der Waals surface area contributed by atoms with E-state index in [9.17, 15) is 8.42 Å². The highest BCUT2D eigenvalue weighted by Gasteiger charge is 2.24. The van der Waals surface area contributed by atoms with Gasteiger partial charge in [0, 0.05) is 15.8 Å². The smallest absolute Gasteiger partial charge is 0.222 e. The van der Waals surface area contributed by atoms with E-state index in [2.05, 4.69) is 20.9 Å². The Morgan fingerprint density at radius 1 is 1.00 bits per heavy atom. The van der Waals surface area contributed by atoms with E-state index in [-0.39, 0.29) is 4.90 Å². The number of benzene rings is 2. The quantitative estimate of drug-likeness (QED) is 0.409. The Bertz CT molecular complexity index is 1230. The summed E-state index contributed by atoms with van der Waals surface area (Å²) in [4.78, 5) is 4.63. The fourth-order valence-electron chi connectivity index (χ4n) is 2.86. The van der Waals surface area contributed by atoms with Crippen molar-refractivity contribution < 1.29 is 8.42 Å². The molecule has 2 heterocycles. The lowest BCUT2D eigenvalue weighted by molar-refractivity contribution is 0.590. The standard InChI is InChI=1S/C18H12BrClN2O2S/c1-11-2-5-13(6-3-11)25(23,24)22-16-8-4-12(20)10-15(16)14-7-9-17(19)21-18(14)22/h2-10H,1H3. The molecule has 0 fully saturated rings. The molecule has 2 aromatic heterocycles. The van der Waals surface area contributed by atoms with Crippen molar-refractivity contribution in [2.45, 2.75) is 11.8 Å². The Hall–Kier alpha value is -1.89. The van der Waals surface area contributed by atoms with Crippen molar-refractivity contribution in [1.82, 2.24) is 8.96 Å². The van der Waals surface area contributed by atoms with Crippen LogP contribution in [0.2, 0.25) is 5.02 Å². The molecule has 7 heteroatoms. The fraction of sp³-hybridized carbons (Fsp3) is 0.0556. The zero-order valence-corrected chi connectivity index (χ0v) is 16.2. The van der Waals surface area contributed by atoms with Crippen molar-refractivity contribution in [2.75, 3.05) is 0 Å². The minimum Gasteiger partial charge on any atom is -0.222 e. The Morgan fingerprint density at radius 3 is 2.44 bits per heavy atom. The van der Waals surface area contributed by atoms with Crippen molar-refractivity contribution in [1.29, 1.82) is 0 Å². The molecule has 126 valence electrons. The van der Waals surface area contributed by atoms with E-state index in [0.29, 0.717) is 20.8 Å². The van der Waals surface area contributed by atoms with Crippen LogP contribution >= 0.6 is 27.5 Å². The van der Waals surface area contributed by atoms with Crippen molar-refractivity contribution in [2.24, 2.45) is 0 Å². The monoisotopic (exact) mass is 434 g/mol. The molecule has 0 saturated carbocycles. The molecule has 0 amide bonds. The molecule has 0 N–H and O–H groups in total. The molecule has 0 aliphatic carbocycles. The van der Waals surface area contributed by atoms with Crippen LogP contribution in [0.3, 0.4) is 0 Å². The zero-order chi connectivity index (χ0) is 17.8. The van der Waals surface area contributed by atoms with Gasteiger partial charge >= 0.3 is 0 Å². The van der Waals surface area contributed by atoms with E-state index < -0.39 is 10.0 Å². The van der Waals surface area contributed by atoms with Gasteiger partial charge in [-0.15, -0.1) is 0 Å². The Kier molecular flexibility index (Phi) is 3.86. The molecule has 0 radical (unpaired) electrons. The number of rotatable bonds is 2. The molecular weight excluding hydrogens is 424 g/mol. The van der Waals surface area contributed by atoms with E-state index in [1.165, 1.54) is 3.97 Å². The molecule has 0 spiro atoms. The van der Waals surface area contributed by atoms with Crippen LogP contribution in [0.1, 0.15) is 5.56 Å². The van der Waals surface area contributed by atoms with Crippen molar-refractivity contribution >= 4 is 59.5 Å². The highest BCUT2D eigenvalue weighted by molar-refractivity contribution is 9.10. The first kappa shape index (κ1) is 16.6. The minimum absolute atomic E-state index is 0.216. The Morgan fingerprint density at radius 2 is 1.72 bits per heavy atom. The second kappa shape index (κ2) is 5.83. The number of halogens is 2. The van der Waals surface area contributed by atoms with Gasteiger partial charge in [-0.25, -0.2) is 17.4 Å². The predicted octanol–water partition coefficient (Wildman–Crippen LogP) is 5.15. The molecular formula is C18H12BrClN2O2S. The van der Waals surface area contributed by atoms with Crippen LogP contribution in [0.5, 0.6) is 0 Å². The first-order valence-electron chi connectivity index (χ1n) is 7.46. The summed E-state index contributed by atoms with van der Waals surface area (Å²) >= 11 is 9.45. The summed E-state index contributed by atoms with van der Waals surface area (Å²) in [5.41, 5.74) is 1.91. The summed E-state index contributed by atoms with van der Waals surface area (Å²) in [6.45, 7) is 1.91. The van der Waals surface area contributed by atoms with Crippen molar-refractivity contribution in [3.05, 3.63) is 69.8 Å². The lowest BCUT2D eigenvalue weighted by Crippen LogP contribution is -2.13. The lowest BCUT2D eigenvalue weighted by atomic mass is 10.2. The van der Waals surface area contributed by atoms with E-state index >= 15 is 0 Å². The first-order chi connectivity index (χ1) is 11.9. The Balaban J connectivity index is 2.15. The molecule has 0 aliphatic heterocycles. The maximum Gasteiger partial charge on any atom is 0.269 e. The van der Waals surface area contributed by atoms with Gasteiger partial charge in [0.15, 0.2) is 5.65 Å². The summed E-state index contributed by atoms with van der Waals surface area (Å²) in [6, 6.07) is 15.5. The molecule has 0 aliphatic rings. The van der Waals surface area contributed by atoms with Crippen LogP contribution in [0, 0.1) is 6.92 Å². The van der Waals surface area contributed by atoms with E-state index in [4.69, 9.17) is 11.6 Å². The van der Waals surface area contributed by atoms with Gasteiger partial charge in [-0.1, -0.05) is 29.3 Å². The molecule has 4 rings (SSSR count). The average molecular weight is 436 g/mol. The average Bonchev–Trinajstić information content (AvgIpc) is 2.88. The zero-order valence-electron chi connectivity index (χ0n) is 13.1. The van der Waals surface area contributed by atoms with Gasteiger partial charge in [0.2, 0.25) is 0 Å². The topological polar surface area (TPSA) is 52.0 Å². The molecule has 2 aromatic carbocycles. The number of pyridine rings is 1. The molecule has 0 unspecified atom stereocenters. The predicted molar refractivity (Wildman–Crippen MR) is 104 cm³/mol. The highest BCUT2D eigenvalue weighted by Crippen LogP contribution is 2.33. The third kappa shape index (κ3) is 2.65. The SMILES string of the molecule is Cc1ccc(S(=O)(=O)n2c3ccc(Cl)cc3c3ccc(Br)nc32)cc1. The van der Waals surface area contributed by atoms with Gasteiger partial charge in [-0.05, 0) is 65.3 Å². The van der Waals surface area contributed by atoms with Crippen LogP contribution in [0.15, 0.2) is 64.1 Å². The summed E-state index contributed by atoms with van der Waals surface area (Å²) < 4.78 is 28.5. The summed E-state index contributed by atoms with van der Waals surface area (Å²) in [7, 11) is -3.80. The number of hydrogen-bond acceptors (Lipinski definition) is 3. The highest BCUT2D eigenvalue weighted by atomic mass is 79.9. The van der Waals surface area contributed by atoms with Gasteiger partial charge in [0.25, 0.3) is 10.0 Å². The number of hydrogen-bond donors (Lipinski definition) is 0. The second-order valence-electron chi connectivity index (χ2n) is 5.75. The van der Waals surface area contributed by atoms with Crippen LogP contribution in [-0.4, -0.2) is 17.4 Å².